The van der Waals surface area contributed by atoms with E-state index in [9.17, 15) is 4.79 Å². The minimum absolute atomic E-state index is 0.186. The lowest BCUT2D eigenvalue weighted by atomic mass is 10.0. The average molecular weight is 388 g/mol. The quantitative estimate of drug-likeness (QED) is 0.607. The van der Waals surface area contributed by atoms with Crippen molar-refractivity contribution in [2.75, 3.05) is 39.3 Å². The number of piperazine rings is 1. The molecule has 1 fully saturated rings. The molecular weight excluding hydrogens is 354 g/mol. The van der Waals surface area contributed by atoms with Crippen molar-refractivity contribution in [3.8, 4) is 0 Å². The van der Waals surface area contributed by atoms with Crippen LogP contribution in [0.4, 0.5) is 0 Å². The van der Waals surface area contributed by atoms with E-state index in [1.165, 1.54) is 20.9 Å². The van der Waals surface area contributed by atoms with Crippen molar-refractivity contribution >= 4 is 17.2 Å². The van der Waals surface area contributed by atoms with E-state index < -0.39 is 0 Å². The molecule has 1 amide bonds. The summed E-state index contributed by atoms with van der Waals surface area (Å²) in [6.45, 7) is 11.4. The van der Waals surface area contributed by atoms with Gasteiger partial charge in [0.05, 0.1) is 4.88 Å². The monoisotopic (exact) mass is 387 g/mol. The second kappa shape index (κ2) is 10.0. The lowest BCUT2D eigenvalue weighted by Crippen LogP contribution is -3.28. The van der Waals surface area contributed by atoms with Gasteiger partial charge in [-0.25, -0.2) is 0 Å². The van der Waals surface area contributed by atoms with E-state index >= 15 is 0 Å². The molecule has 1 aliphatic rings. The number of thiophene rings is 1. The fourth-order valence-corrected chi connectivity index (χ4v) is 4.45. The van der Waals surface area contributed by atoms with Crippen LogP contribution >= 0.6 is 11.3 Å². The van der Waals surface area contributed by atoms with Crippen LogP contribution in [-0.4, -0.2) is 45.2 Å². The molecule has 1 aromatic heterocycles. The van der Waals surface area contributed by atoms with Crippen molar-refractivity contribution in [2.45, 2.75) is 32.7 Å². The van der Waals surface area contributed by atoms with Crippen LogP contribution in [0.3, 0.4) is 0 Å². The van der Waals surface area contributed by atoms with Crippen LogP contribution in [0.1, 0.15) is 35.8 Å². The lowest BCUT2D eigenvalue weighted by Gasteiger charge is -2.29. The molecule has 5 heteroatoms. The first-order valence-electron chi connectivity index (χ1n) is 10.1. The van der Waals surface area contributed by atoms with E-state index in [1.54, 1.807) is 4.90 Å². The first-order chi connectivity index (χ1) is 13.1. The fourth-order valence-electron chi connectivity index (χ4n) is 3.68. The molecule has 0 unspecified atom stereocenters. The molecule has 3 rings (SSSR count). The normalized spacial score (nSPS) is 20.0. The highest BCUT2D eigenvalue weighted by Gasteiger charge is 2.24. The molecule has 146 valence electrons. The van der Waals surface area contributed by atoms with Crippen LogP contribution in [0.15, 0.2) is 41.8 Å². The van der Waals surface area contributed by atoms with Crippen molar-refractivity contribution in [1.82, 2.24) is 5.32 Å². The second-order valence-corrected chi connectivity index (χ2v) is 8.96. The molecule has 3 N–H and O–H groups in total. The van der Waals surface area contributed by atoms with Crippen LogP contribution in [0.2, 0.25) is 0 Å². The maximum absolute atomic E-state index is 12.2. The minimum Gasteiger partial charge on any atom is -0.351 e. The maximum atomic E-state index is 12.2. The van der Waals surface area contributed by atoms with Gasteiger partial charge < -0.3 is 15.1 Å². The second-order valence-electron chi connectivity index (χ2n) is 7.93. The number of nitrogens with one attached hydrogen (secondary N) is 3. The Bertz CT molecular complexity index is 689. The number of hydrogen-bond donors (Lipinski definition) is 3. The van der Waals surface area contributed by atoms with Crippen molar-refractivity contribution in [3.63, 3.8) is 0 Å². The van der Waals surface area contributed by atoms with E-state index in [-0.39, 0.29) is 5.91 Å². The van der Waals surface area contributed by atoms with Gasteiger partial charge in [-0.05, 0) is 34.9 Å². The van der Waals surface area contributed by atoms with Crippen LogP contribution in [0.25, 0.3) is 0 Å². The molecule has 1 saturated heterocycles. The fraction of sp³-hybridized carbons (Fsp3) is 0.500. The molecule has 0 bridgehead atoms. The van der Waals surface area contributed by atoms with Gasteiger partial charge >= 0.3 is 0 Å². The zero-order chi connectivity index (χ0) is 19.1. The van der Waals surface area contributed by atoms with Gasteiger partial charge in [0.2, 0.25) is 0 Å². The summed E-state index contributed by atoms with van der Waals surface area (Å²) < 4.78 is 0. The summed E-state index contributed by atoms with van der Waals surface area (Å²) in [6, 6.07) is 13.1. The molecule has 2 aromatic rings. The number of rotatable bonds is 8. The number of benzene rings is 1. The molecule has 0 saturated carbocycles. The Labute approximate surface area is 167 Å². The summed E-state index contributed by atoms with van der Waals surface area (Å²) in [5.41, 5.74) is 2.66. The molecule has 0 aliphatic carbocycles. The number of hydrogen-bond acceptors (Lipinski definition) is 2. The van der Waals surface area contributed by atoms with Gasteiger partial charge in [-0.15, -0.1) is 11.3 Å². The number of amides is 1. The van der Waals surface area contributed by atoms with E-state index in [0.717, 1.165) is 45.7 Å². The molecule has 1 aliphatic heterocycles. The molecule has 0 atom stereocenters. The summed E-state index contributed by atoms with van der Waals surface area (Å²) >= 11 is 1.85. The predicted octanol–water partition coefficient (Wildman–Crippen LogP) is 0.514. The first kappa shape index (κ1) is 20.1. The summed E-state index contributed by atoms with van der Waals surface area (Å²) in [5, 5.41) is 5.25. The number of carbonyl (C=O) groups excluding carboxylic acids is 1. The van der Waals surface area contributed by atoms with Gasteiger partial charge in [-0.3, -0.25) is 4.79 Å². The molecule has 0 radical (unpaired) electrons. The van der Waals surface area contributed by atoms with Crippen molar-refractivity contribution < 1.29 is 14.6 Å². The van der Waals surface area contributed by atoms with Crippen LogP contribution in [0, 0.1) is 0 Å². The molecule has 1 aromatic carbocycles. The zero-order valence-corrected chi connectivity index (χ0v) is 17.4. The summed E-state index contributed by atoms with van der Waals surface area (Å²) in [7, 11) is 0. The molecular formula is C22H33N3OS+2. The molecule has 27 heavy (non-hydrogen) atoms. The lowest BCUT2D eigenvalue weighted by molar-refractivity contribution is -1.01. The van der Waals surface area contributed by atoms with Crippen LogP contribution < -0.4 is 15.1 Å². The highest BCUT2D eigenvalue weighted by Crippen LogP contribution is 2.14. The van der Waals surface area contributed by atoms with Crippen LogP contribution in [0.5, 0.6) is 0 Å². The van der Waals surface area contributed by atoms with Crippen molar-refractivity contribution in [3.05, 3.63) is 57.8 Å². The zero-order valence-electron chi connectivity index (χ0n) is 16.6. The maximum Gasteiger partial charge on any atom is 0.275 e. The minimum atomic E-state index is 0.186. The summed E-state index contributed by atoms with van der Waals surface area (Å²) in [5.74, 6) is 0.750. The first-order valence-corrected chi connectivity index (χ1v) is 11.0. The average Bonchev–Trinajstić information content (AvgIpc) is 3.17. The summed E-state index contributed by atoms with van der Waals surface area (Å²) in [6.07, 6.45) is 0.901. The largest absolute Gasteiger partial charge is 0.351 e. The Hall–Kier alpha value is -1.69. The highest BCUT2D eigenvalue weighted by molar-refractivity contribution is 7.09. The molecule has 4 nitrogen and oxygen atoms in total. The Balaban J connectivity index is 1.31. The third-order valence-corrected chi connectivity index (χ3v) is 6.34. The van der Waals surface area contributed by atoms with Gasteiger partial charge in [0, 0.05) is 6.54 Å². The van der Waals surface area contributed by atoms with Gasteiger partial charge in [0.25, 0.3) is 5.91 Å². The van der Waals surface area contributed by atoms with Gasteiger partial charge in [-0.2, -0.15) is 0 Å². The number of carbonyl (C=O) groups is 1. The standard InChI is InChI=1S/C22H31N3OS/c1-18(2)20-7-5-19(6-8-20)9-10-23-22(26)17-25-13-11-24(12-14-25)16-21-4-3-15-27-21/h3-8,15,18H,9-14,16-17H2,1-2H3,(H,23,26)/p+2. The van der Waals surface area contributed by atoms with Gasteiger partial charge in [0.1, 0.15) is 32.7 Å². The Morgan fingerprint density at radius 2 is 1.78 bits per heavy atom. The van der Waals surface area contributed by atoms with Crippen LogP contribution in [-0.2, 0) is 17.8 Å². The third kappa shape index (κ3) is 6.45. The van der Waals surface area contributed by atoms with E-state index in [4.69, 9.17) is 0 Å². The van der Waals surface area contributed by atoms with Crippen molar-refractivity contribution in [2.24, 2.45) is 0 Å². The third-order valence-electron chi connectivity index (χ3n) is 5.46. The molecule has 2 heterocycles. The Morgan fingerprint density at radius 3 is 2.41 bits per heavy atom. The number of quaternary nitrogens is 2. The Morgan fingerprint density at radius 1 is 1.07 bits per heavy atom. The smallest absolute Gasteiger partial charge is 0.275 e. The van der Waals surface area contributed by atoms with Gasteiger partial charge in [-0.1, -0.05) is 44.2 Å². The summed E-state index contributed by atoms with van der Waals surface area (Å²) in [4.78, 5) is 16.8. The highest BCUT2D eigenvalue weighted by atomic mass is 32.1. The Kier molecular flexibility index (Phi) is 7.44. The topological polar surface area (TPSA) is 38.0 Å². The SMILES string of the molecule is CC(C)c1ccc(CCNC(=O)C[NH+]2CC[NH+](Cc3cccs3)CC2)cc1. The molecule has 0 spiro atoms. The predicted molar refractivity (Wildman–Crippen MR) is 112 cm³/mol. The van der Waals surface area contributed by atoms with E-state index in [2.05, 4.69) is 60.9 Å². The van der Waals surface area contributed by atoms with Crippen molar-refractivity contribution in [1.29, 1.82) is 0 Å². The van der Waals surface area contributed by atoms with Gasteiger partial charge in [0.15, 0.2) is 6.54 Å². The van der Waals surface area contributed by atoms with E-state index in [0.29, 0.717) is 12.5 Å². The van der Waals surface area contributed by atoms with E-state index in [1.807, 2.05) is 11.3 Å².